The summed E-state index contributed by atoms with van der Waals surface area (Å²) in [4.78, 5) is 19.3. The van der Waals surface area contributed by atoms with Gasteiger partial charge in [0.05, 0.1) is 17.7 Å². The van der Waals surface area contributed by atoms with Crippen LogP contribution in [0.4, 0.5) is 23.0 Å². The number of rotatable bonds is 7. The lowest BCUT2D eigenvalue weighted by Crippen LogP contribution is -2.08. The van der Waals surface area contributed by atoms with E-state index in [9.17, 15) is 10.1 Å². The average Bonchev–Trinajstić information content (AvgIpc) is 3.20. The summed E-state index contributed by atoms with van der Waals surface area (Å²) in [6.07, 6.45) is 1.26. The first-order valence-electron chi connectivity index (χ1n) is 8.67. The molecule has 3 aromatic rings. The molecule has 1 aliphatic rings. The van der Waals surface area contributed by atoms with E-state index in [-0.39, 0.29) is 24.1 Å². The van der Waals surface area contributed by atoms with Crippen molar-refractivity contribution in [3.63, 3.8) is 0 Å². The van der Waals surface area contributed by atoms with Crippen molar-refractivity contribution < 1.29 is 19.1 Å². The first-order chi connectivity index (χ1) is 14.2. The molecule has 1 aliphatic heterocycles. The van der Waals surface area contributed by atoms with Crippen LogP contribution in [0, 0.1) is 10.1 Å². The van der Waals surface area contributed by atoms with Crippen LogP contribution in [0.5, 0.6) is 17.2 Å². The van der Waals surface area contributed by atoms with Gasteiger partial charge in [-0.05, 0) is 29.8 Å². The maximum absolute atomic E-state index is 11.7. The summed E-state index contributed by atoms with van der Waals surface area (Å²) >= 11 is 0. The summed E-state index contributed by atoms with van der Waals surface area (Å²) in [6.45, 7) is 0.490. The fourth-order valence-electron chi connectivity index (χ4n) is 2.88. The lowest BCUT2D eigenvalue weighted by atomic mass is 10.2. The molecule has 0 saturated carbocycles. The molecule has 0 bridgehead atoms. The smallest absolute Gasteiger partial charge is 0.353 e. The van der Waals surface area contributed by atoms with Crippen LogP contribution in [0.15, 0.2) is 48.8 Å². The molecule has 0 atom stereocenters. The van der Waals surface area contributed by atoms with Crippen LogP contribution in [-0.4, -0.2) is 28.8 Å². The minimum atomic E-state index is -0.528. The number of aromatic nitrogens is 2. The molecule has 1 aromatic heterocycles. The Hall–Kier alpha value is -4.08. The van der Waals surface area contributed by atoms with Gasteiger partial charge in [0, 0.05) is 6.54 Å². The molecular formula is C19H17N5O5. The van der Waals surface area contributed by atoms with Gasteiger partial charge < -0.3 is 24.8 Å². The topological polar surface area (TPSA) is 121 Å². The molecule has 10 nitrogen and oxygen atoms in total. The van der Waals surface area contributed by atoms with Gasteiger partial charge in [0.15, 0.2) is 11.5 Å². The van der Waals surface area contributed by atoms with Gasteiger partial charge in [-0.15, -0.1) is 0 Å². The molecule has 0 amide bonds. The van der Waals surface area contributed by atoms with Gasteiger partial charge in [-0.2, -0.15) is 0 Å². The van der Waals surface area contributed by atoms with Crippen LogP contribution in [0.25, 0.3) is 0 Å². The number of nitrogens with one attached hydrogen (secondary N) is 2. The van der Waals surface area contributed by atoms with Crippen molar-refractivity contribution >= 4 is 23.0 Å². The number of hydrogen-bond donors (Lipinski definition) is 2. The highest BCUT2D eigenvalue weighted by Crippen LogP contribution is 2.35. The predicted molar refractivity (Wildman–Crippen MR) is 105 cm³/mol. The monoisotopic (exact) mass is 395 g/mol. The van der Waals surface area contributed by atoms with Crippen molar-refractivity contribution in [1.82, 2.24) is 9.97 Å². The zero-order valence-corrected chi connectivity index (χ0v) is 15.4. The number of nitro groups is 1. The van der Waals surface area contributed by atoms with Gasteiger partial charge in [-0.25, -0.2) is 9.97 Å². The predicted octanol–water partition coefficient (Wildman–Crippen LogP) is 3.48. The maximum atomic E-state index is 11.7. The molecule has 148 valence electrons. The van der Waals surface area contributed by atoms with Crippen molar-refractivity contribution in [2.24, 2.45) is 0 Å². The number of fused-ring (bicyclic) bond motifs is 1. The van der Waals surface area contributed by atoms with E-state index >= 15 is 0 Å². The Kier molecular flexibility index (Phi) is 4.97. The van der Waals surface area contributed by atoms with Gasteiger partial charge in [-0.1, -0.05) is 18.2 Å². The quantitative estimate of drug-likeness (QED) is 0.457. The number of ether oxygens (including phenoxy) is 3. The SMILES string of the molecule is COc1ccccc1Nc1ncnc(NCc2ccc3c(c2)OCO3)c1[N+](=O)[O-]. The summed E-state index contributed by atoms with van der Waals surface area (Å²) in [6, 6.07) is 12.5. The minimum absolute atomic E-state index is 0.0580. The fraction of sp³-hybridized carbons (Fsp3) is 0.158. The molecule has 2 heterocycles. The lowest BCUT2D eigenvalue weighted by molar-refractivity contribution is -0.383. The van der Waals surface area contributed by atoms with Crippen molar-refractivity contribution in [3.05, 3.63) is 64.5 Å². The molecule has 2 aromatic carbocycles. The Labute approximate surface area is 165 Å². The maximum Gasteiger partial charge on any atom is 0.353 e. The molecule has 0 radical (unpaired) electrons. The van der Waals surface area contributed by atoms with E-state index in [1.54, 1.807) is 30.3 Å². The highest BCUT2D eigenvalue weighted by molar-refractivity contribution is 5.75. The van der Waals surface area contributed by atoms with Crippen molar-refractivity contribution in [2.75, 3.05) is 24.5 Å². The van der Waals surface area contributed by atoms with Crippen LogP contribution in [-0.2, 0) is 6.54 Å². The molecule has 0 fully saturated rings. The molecule has 2 N–H and O–H groups in total. The van der Waals surface area contributed by atoms with Crippen LogP contribution in [0.2, 0.25) is 0 Å². The first kappa shape index (κ1) is 18.3. The van der Waals surface area contributed by atoms with Gasteiger partial charge in [-0.3, -0.25) is 10.1 Å². The molecule has 0 spiro atoms. The Morgan fingerprint density at radius 3 is 2.76 bits per heavy atom. The molecule has 0 aliphatic carbocycles. The Morgan fingerprint density at radius 1 is 1.14 bits per heavy atom. The third kappa shape index (κ3) is 3.81. The Balaban J connectivity index is 1.59. The number of anilines is 3. The molecule has 0 unspecified atom stereocenters. The number of benzene rings is 2. The standard InChI is InChI=1S/C19H17N5O5/c1-27-14-5-3-2-4-13(14)23-19-17(24(25)26)18(21-10-22-19)20-9-12-6-7-15-16(8-12)29-11-28-15/h2-8,10H,9,11H2,1H3,(H2,20,21,22,23). The van der Waals surface area contributed by atoms with Crippen molar-refractivity contribution in [2.45, 2.75) is 6.54 Å². The fourth-order valence-corrected chi connectivity index (χ4v) is 2.88. The Morgan fingerprint density at radius 2 is 1.93 bits per heavy atom. The third-order valence-electron chi connectivity index (χ3n) is 4.26. The van der Waals surface area contributed by atoms with Crippen LogP contribution in [0.3, 0.4) is 0 Å². The summed E-state index contributed by atoms with van der Waals surface area (Å²) in [5, 5.41) is 17.7. The molecule has 4 rings (SSSR count). The van der Waals surface area contributed by atoms with E-state index < -0.39 is 4.92 Å². The number of nitrogens with zero attached hydrogens (tertiary/aromatic N) is 3. The molecule has 10 heteroatoms. The van der Waals surface area contributed by atoms with Crippen molar-refractivity contribution in [1.29, 1.82) is 0 Å². The van der Waals surface area contributed by atoms with Crippen LogP contribution >= 0.6 is 0 Å². The van der Waals surface area contributed by atoms with Gasteiger partial charge in [0.25, 0.3) is 0 Å². The number of methoxy groups -OCH3 is 1. The highest BCUT2D eigenvalue weighted by Gasteiger charge is 2.24. The average molecular weight is 395 g/mol. The van der Waals surface area contributed by atoms with E-state index in [1.165, 1.54) is 13.4 Å². The second-order valence-corrected chi connectivity index (χ2v) is 6.04. The largest absolute Gasteiger partial charge is 0.495 e. The van der Waals surface area contributed by atoms with Gasteiger partial charge >= 0.3 is 5.69 Å². The van der Waals surface area contributed by atoms with E-state index in [0.29, 0.717) is 29.5 Å². The number of hydrogen-bond acceptors (Lipinski definition) is 9. The number of para-hydroxylation sites is 2. The minimum Gasteiger partial charge on any atom is -0.495 e. The summed E-state index contributed by atoms with van der Waals surface area (Å²) in [5.74, 6) is 2.00. The molecule has 0 saturated heterocycles. The molecule has 29 heavy (non-hydrogen) atoms. The van der Waals surface area contributed by atoms with E-state index in [4.69, 9.17) is 14.2 Å². The highest BCUT2D eigenvalue weighted by atomic mass is 16.7. The summed E-state index contributed by atoms with van der Waals surface area (Å²) in [5.41, 5.74) is 1.15. The van der Waals surface area contributed by atoms with E-state index in [2.05, 4.69) is 20.6 Å². The van der Waals surface area contributed by atoms with E-state index in [1.807, 2.05) is 12.1 Å². The van der Waals surface area contributed by atoms with Crippen molar-refractivity contribution in [3.8, 4) is 17.2 Å². The van der Waals surface area contributed by atoms with Gasteiger partial charge in [0.1, 0.15) is 12.1 Å². The molecular weight excluding hydrogens is 378 g/mol. The second kappa shape index (κ2) is 7.89. The third-order valence-corrected chi connectivity index (χ3v) is 4.26. The van der Waals surface area contributed by atoms with Crippen LogP contribution in [0.1, 0.15) is 5.56 Å². The first-order valence-corrected chi connectivity index (χ1v) is 8.67. The van der Waals surface area contributed by atoms with Gasteiger partial charge in [0.2, 0.25) is 18.4 Å². The zero-order valence-electron chi connectivity index (χ0n) is 15.4. The normalized spacial score (nSPS) is 11.8. The zero-order chi connectivity index (χ0) is 20.2. The van der Waals surface area contributed by atoms with E-state index in [0.717, 1.165) is 5.56 Å². The summed E-state index contributed by atoms with van der Waals surface area (Å²) < 4.78 is 15.9. The Bertz CT molecular complexity index is 1060. The summed E-state index contributed by atoms with van der Waals surface area (Å²) in [7, 11) is 1.52. The van der Waals surface area contributed by atoms with Crippen LogP contribution < -0.4 is 24.8 Å². The lowest BCUT2D eigenvalue weighted by Gasteiger charge is -2.12. The second-order valence-electron chi connectivity index (χ2n) is 6.04.